The first kappa shape index (κ1) is 14.8. The van der Waals surface area contributed by atoms with Crippen molar-refractivity contribution >= 4 is 16.0 Å². The van der Waals surface area contributed by atoms with E-state index in [0.717, 1.165) is 25.7 Å². The predicted molar refractivity (Wildman–Crippen MR) is 72.0 cm³/mol. The highest BCUT2D eigenvalue weighted by atomic mass is 32.2. The molecule has 2 aliphatic carbocycles. The molecule has 2 saturated carbocycles. The van der Waals surface area contributed by atoms with Crippen molar-refractivity contribution in [2.45, 2.75) is 50.7 Å². The second-order valence-electron chi connectivity index (χ2n) is 5.78. The van der Waals surface area contributed by atoms with Crippen molar-refractivity contribution < 1.29 is 17.9 Å². The van der Waals surface area contributed by atoms with E-state index in [2.05, 4.69) is 4.72 Å². The Morgan fingerprint density at radius 3 is 2.53 bits per heavy atom. The molecule has 2 fully saturated rings. The lowest BCUT2D eigenvalue weighted by Gasteiger charge is -2.29. The van der Waals surface area contributed by atoms with Crippen LogP contribution in [0.2, 0.25) is 0 Å². The Morgan fingerprint density at radius 1 is 1.37 bits per heavy atom. The van der Waals surface area contributed by atoms with Gasteiger partial charge in [0.15, 0.2) is 0 Å². The van der Waals surface area contributed by atoms with Gasteiger partial charge < -0.3 is 4.74 Å². The van der Waals surface area contributed by atoms with Gasteiger partial charge in [-0.1, -0.05) is 6.92 Å². The van der Waals surface area contributed by atoms with E-state index in [1.807, 2.05) is 6.92 Å². The molecule has 0 radical (unpaired) electrons. The number of methoxy groups -OCH3 is 1. The molecule has 0 aromatic rings. The number of carbonyl (C=O) groups is 1. The van der Waals surface area contributed by atoms with Gasteiger partial charge in [0.05, 0.1) is 18.3 Å². The molecular weight excluding hydrogens is 266 g/mol. The van der Waals surface area contributed by atoms with Crippen LogP contribution in [0.4, 0.5) is 0 Å². The van der Waals surface area contributed by atoms with Gasteiger partial charge in [0, 0.05) is 6.54 Å². The van der Waals surface area contributed by atoms with E-state index >= 15 is 0 Å². The first-order valence-electron chi connectivity index (χ1n) is 7.01. The topological polar surface area (TPSA) is 72.5 Å². The molecule has 1 atom stereocenters. The molecule has 19 heavy (non-hydrogen) atoms. The third-order valence-corrected chi connectivity index (χ3v) is 6.55. The summed E-state index contributed by atoms with van der Waals surface area (Å²) in [6, 6.07) is 0. The molecule has 5 nitrogen and oxygen atoms in total. The number of carbonyl (C=O) groups excluding carboxylic acids is 1. The van der Waals surface area contributed by atoms with Crippen LogP contribution < -0.4 is 4.72 Å². The molecule has 6 heteroatoms. The van der Waals surface area contributed by atoms with Crippen LogP contribution >= 0.6 is 0 Å². The van der Waals surface area contributed by atoms with Gasteiger partial charge in [-0.3, -0.25) is 4.79 Å². The second kappa shape index (κ2) is 5.40. The summed E-state index contributed by atoms with van der Waals surface area (Å²) in [6.45, 7) is 2.46. The van der Waals surface area contributed by atoms with Crippen molar-refractivity contribution in [3.05, 3.63) is 0 Å². The monoisotopic (exact) mass is 289 g/mol. The minimum atomic E-state index is -3.18. The number of esters is 1. The summed E-state index contributed by atoms with van der Waals surface area (Å²) in [6.07, 6.45) is 4.64. The van der Waals surface area contributed by atoms with E-state index in [-0.39, 0.29) is 22.6 Å². The van der Waals surface area contributed by atoms with Gasteiger partial charge >= 0.3 is 5.97 Å². The van der Waals surface area contributed by atoms with Gasteiger partial charge in [0.1, 0.15) is 0 Å². The summed E-state index contributed by atoms with van der Waals surface area (Å²) in [5.41, 5.74) is 0.0455. The molecule has 1 spiro atoms. The smallest absolute Gasteiger partial charge is 0.309 e. The van der Waals surface area contributed by atoms with Crippen molar-refractivity contribution in [1.82, 2.24) is 4.72 Å². The minimum Gasteiger partial charge on any atom is -0.469 e. The average Bonchev–Trinajstić information content (AvgIpc) is 3.10. The Bertz CT molecular complexity index is 438. The lowest BCUT2D eigenvalue weighted by atomic mass is 9.84. The summed E-state index contributed by atoms with van der Waals surface area (Å²) >= 11 is 0. The summed E-state index contributed by atoms with van der Waals surface area (Å²) in [4.78, 5) is 11.5. The molecule has 0 amide bonds. The second-order valence-corrected chi connectivity index (χ2v) is 7.83. The molecule has 0 bridgehead atoms. The van der Waals surface area contributed by atoms with Crippen molar-refractivity contribution in [3.8, 4) is 0 Å². The van der Waals surface area contributed by atoms with Crippen LogP contribution in [0.1, 0.15) is 45.4 Å². The van der Waals surface area contributed by atoms with Crippen molar-refractivity contribution in [2.75, 3.05) is 13.7 Å². The lowest BCUT2D eigenvalue weighted by Crippen LogP contribution is -2.38. The Labute approximate surface area is 115 Å². The van der Waals surface area contributed by atoms with Crippen LogP contribution in [0, 0.1) is 11.3 Å². The van der Waals surface area contributed by atoms with E-state index in [1.54, 1.807) is 0 Å². The standard InChI is InChI=1S/C13H23NO4S/c1-3-8-14-19(16,17)10-4-6-13(7-5-10)9-11(13)12(15)18-2/h10-11,14H,3-9H2,1-2H3. The Kier molecular flexibility index (Phi) is 4.20. The van der Waals surface area contributed by atoms with E-state index in [0.29, 0.717) is 19.4 Å². The molecule has 0 aliphatic heterocycles. The van der Waals surface area contributed by atoms with Gasteiger partial charge in [-0.05, 0) is 43.9 Å². The van der Waals surface area contributed by atoms with Gasteiger partial charge in [0.25, 0.3) is 0 Å². The van der Waals surface area contributed by atoms with Crippen LogP contribution in [0.25, 0.3) is 0 Å². The zero-order valence-electron chi connectivity index (χ0n) is 11.6. The van der Waals surface area contributed by atoms with Gasteiger partial charge in [-0.2, -0.15) is 0 Å². The summed E-state index contributed by atoms with van der Waals surface area (Å²) < 4.78 is 31.5. The number of sulfonamides is 1. The molecule has 0 saturated heterocycles. The van der Waals surface area contributed by atoms with Crippen molar-refractivity contribution in [2.24, 2.45) is 11.3 Å². The zero-order chi connectivity index (χ0) is 14.1. The fourth-order valence-electron chi connectivity index (χ4n) is 3.21. The summed E-state index contributed by atoms with van der Waals surface area (Å²) in [5.74, 6) is -0.129. The molecule has 1 unspecified atom stereocenters. The van der Waals surface area contributed by atoms with Crippen molar-refractivity contribution in [1.29, 1.82) is 0 Å². The van der Waals surface area contributed by atoms with Gasteiger partial charge in [-0.15, -0.1) is 0 Å². The molecule has 2 rings (SSSR count). The van der Waals surface area contributed by atoms with Crippen molar-refractivity contribution in [3.63, 3.8) is 0 Å². The Morgan fingerprint density at radius 2 is 2.00 bits per heavy atom. The predicted octanol–water partition coefficient (Wildman–Crippen LogP) is 1.44. The normalized spacial score (nSPS) is 34.2. The number of nitrogens with one attached hydrogen (secondary N) is 1. The Balaban J connectivity index is 1.89. The van der Waals surface area contributed by atoms with Gasteiger partial charge in [-0.25, -0.2) is 13.1 Å². The first-order valence-corrected chi connectivity index (χ1v) is 8.56. The molecular formula is C13H23NO4S. The highest BCUT2D eigenvalue weighted by Crippen LogP contribution is 2.62. The van der Waals surface area contributed by atoms with Gasteiger partial charge in [0.2, 0.25) is 10.0 Å². The number of rotatable bonds is 5. The van der Waals surface area contributed by atoms with E-state index in [1.165, 1.54) is 7.11 Å². The summed E-state index contributed by atoms with van der Waals surface area (Å²) in [7, 11) is -1.76. The van der Waals surface area contributed by atoms with Crippen LogP contribution in [-0.4, -0.2) is 33.3 Å². The van der Waals surface area contributed by atoms with E-state index < -0.39 is 10.0 Å². The van der Waals surface area contributed by atoms with Crippen LogP contribution in [0.3, 0.4) is 0 Å². The molecule has 2 aliphatic rings. The van der Waals surface area contributed by atoms with Crippen LogP contribution in [0.5, 0.6) is 0 Å². The zero-order valence-corrected chi connectivity index (χ0v) is 12.5. The maximum Gasteiger partial charge on any atom is 0.309 e. The quantitative estimate of drug-likeness (QED) is 0.777. The third-order valence-electron chi connectivity index (χ3n) is 4.60. The number of ether oxygens (including phenoxy) is 1. The molecule has 1 N–H and O–H groups in total. The highest BCUT2D eigenvalue weighted by Gasteiger charge is 2.60. The lowest BCUT2D eigenvalue weighted by molar-refractivity contribution is -0.143. The highest BCUT2D eigenvalue weighted by molar-refractivity contribution is 7.90. The Hall–Kier alpha value is -0.620. The maximum atomic E-state index is 12.0. The third kappa shape index (κ3) is 2.94. The largest absolute Gasteiger partial charge is 0.469 e. The fraction of sp³-hybridized carbons (Fsp3) is 0.923. The maximum absolute atomic E-state index is 12.0. The first-order chi connectivity index (χ1) is 8.95. The SMILES string of the molecule is CCCNS(=O)(=O)C1CCC2(CC1)CC2C(=O)OC. The summed E-state index contributed by atoms with van der Waals surface area (Å²) in [5, 5.41) is -0.288. The molecule has 0 aromatic carbocycles. The van der Waals surface area contributed by atoms with Crippen LogP contribution in [0.15, 0.2) is 0 Å². The fourth-order valence-corrected chi connectivity index (χ4v) is 4.80. The number of hydrogen-bond donors (Lipinski definition) is 1. The van der Waals surface area contributed by atoms with Crippen LogP contribution in [-0.2, 0) is 19.6 Å². The van der Waals surface area contributed by atoms with E-state index in [9.17, 15) is 13.2 Å². The molecule has 0 heterocycles. The minimum absolute atomic E-state index is 0.00440. The molecule has 0 aromatic heterocycles. The van der Waals surface area contributed by atoms with E-state index in [4.69, 9.17) is 4.74 Å². The molecule has 110 valence electrons. The average molecular weight is 289 g/mol. The number of hydrogen-bond acceptors (Lipinski definition) is 4.